The number of hydrogen-bond acceptors (Lipinski definition) is 4. The van der Waals surface area contributed by atoms with Crippen molar-refractivity contribution in [2.24, 2.45) is 0 Å². The molecule has 22 heavy (non-hydrogen) atoms. The summed E-state index contributed by atoms with van der Waals surface area (Å²) in [6.45, 7) is 2.54. The lowest BCUT2D eigenvalue weighted by Crippen LogP contribution is -2.26. The van der Waals surface area contributed by atoms with Gasteiger partial charge in [-0.1, -0.05) is 19.4 Å². The van der Waals surface area contributed by atoms with Gasteiger partial charge in [0.1, 0.15) is 11.4 Å². The third-order valence-corrected chi connectivity index (χ3v) is 3.15. The summed E-state index contributed by atoms with van der Waals surface area (Å²) in [5.41, 5.74) is 0.613. The van der Waals surface area contributed by atoms with Gasteiger partial charge >= 0.3 is 0 Å². The Hall–Kier alpha value is -2.63. The highest BCUT2D eigenvalue weighted by Gasteiger charge is 2.10. The Morgan fingerprint density at radius 1 is 1.32 bits per heavy atom. The van der Waals surface area contributed by atoms with Crippen molar-refractivity contribution in [2.75, 3.05) is 12.4 Å². The second kappa shape index (κ2) is 7.40. The lowest BCUT2D eigenvalue weighted by atomic mass is 10.3. The van der Waals surface area contributed by atoms with Crippen molar-refractivity contribution in [3.05, 3.63) is 52.4 Å². The van der Waals surface area contributed by atoms with E-state index in [-0.39, 0.29) is 17.2 Å². The summed E-state index contributed by atoms with van der Waals surface area (Å²) < 4.78 is 6.43. The van der Waals surface area contributed by atoms with Crippen LogP contribution in [0.25, 0.3) is 0 Å². The van der Waals surface area contributed by atoms with Crippen molar-refractivity contribution < 1.29 is 9.53 Å². The Kier molecular flexibility index (Phi) is 5.30. The predicted molar refractivity (Wildman–Crippen MR) is 84.4 cm³/mol. The topological polar surface area (TPSA) is 73.2 Å². The van der Waals surface area contributed by atoms with Gasteiger partial charge in [0.25, 0.3) is 11.5 Å². The zero-order valence-corrected chi connectivity index (χ0v) is 12.7. The van der Waals surface area contributed by atoms with Gasteiger partial charge in [-0.3, -0.25) is 9.59 Å². The predicted octanol–water partition coefficient (Wildman–Crippen LogP) is 2.30. The first-order valence-electron chi connectivity index (χ1n) is 7.17. The smallest absolute Gasteiger partial charge is 0.276 e. The van der Waals surface area contributed by atoms with E-state index in [0.717, 1.165) is 12.8 Å². The van der Waals surface area contributed by atoms with Gasteiger partial charge in [0.05, 0.1) is 7.11 Å². The lowest BCUT2D eigenvalue weighted by molar-refractivity contribution is 0.101. The van der Waals surface area contributed by atoms with Crippen LogP contribution >= 0.6 is 0 Å². The van der Waals surface area contributed by atoms with Crippen LogP contribution in [0.2, 0.25) is 0 Å². The molecule has 0 saturated heterocycles. The maximum atomic E-state index is 12.2. The molecule has 116 valence electrons. The highest BCUT2D eigenvalue weighted by atomic mass is 16.5. The summed E-state index contributed by atoms with van der Waals surface area (Å²) in [7, 11) is 1.56. The van der Waals surface area contributed by atoms with E-state index in [9.17, 15) is 9.59 Å². The number of amides is 1. The highest BCUT2D eigenvalue weighted by molar-refractivity contribution is 6.02. The molecule has 0 spiro atoms. The molecule has 6 heteroatoms. The number of carbonyl (C=O) groups excluding carboxylic acids is 1. The molecule has 0 atom stereocenters. The summed E-state index contributed by atoms with van der Waals surface area (Å²) in [5, 5.41) is 6.85. The summed E-state index contributed by atoms with van der Waals surface area (Å²) in [5.74, 6) is 0.289. The third kappa shape index (κ3) is 3.94. The zero-order valence-electron chi connectivity index (χ0n) is 12.7. The molecule has 6 nitrogen and oxygen atoms in total. The maximum Gasteiger partial charge on any atom is 0.276 e. The number of nitrogens with zero attached hydrogens (tertiary/aromatic N) is 2. The van der Waals surface area contributed by atoms with Gasteiger partial charge in [0.15, 0.2) is 0 Å². The van der Waals surface area contributed by atoms with Gasteiger partial charge < -0.3 is 10.1 Å². The van der Waals surface area contributed by atoms with Crippen LogP contribution in [0.5, 0.6) is 5.75 Å². The van der Waals surface area contributed by atoms with Gasteiger partial charge in [-0.25, -0.2) is 4.68 Å². The molecule has 1 amide bonds. The Morgan fingerprint density at radius 3 is 2.86 bits per heavy atom. The van der Waals surface area contributed by atoms with E-state index in [1.165, 1.54) is 16.8 Å². The van der Waals surface area contributed by atoms with Crippen LogP contribution in [0.3, 0.4) is 0 Å². The normalized spacial score (nSPS) is 10.3. The van der Waals surface area contributed by atoms with Crippen LogP contribution in [0.4, 0.5) is 5.69 Å². The molecule has 0 aliphatic rings. The molecule has 0 unspecified atom stereocenters. The average Bonchev–Trinajstić information content (AvgIpc) is 2.54. The number of carbonyl (C=O) groups is 1. The molecule has 1 heterocycles. The molecular weight excluding hydrogens is 282 g/mol. The largest absolute Gasteiger partial charge is 0.497 e. The summed E-state index contributed by atoms with van der Waals surface area (Å²) in [4.78, 5) is 23.9. The number of benzene rings is 1. The number of nitrogens with one attached hydrogen (secondary N) is 1. The van der Waals surface area contributed by atoms with Crippen LogP contribution in [0.1, 0.15) is 30.3 Å². The molecule has 2 rings (SSSR count). The van der Waals surface area contributed by atoms with Gasteiger partial charge in [-0.05, 0) is 24.6 Å². The van der Waals surface area contributed by atoms with Gasteiger partial charge in [-0.15, -0.1) is 0 Å². The van der Waals surface area contributed by atoms with Gasteiger partial charge in [0, 0.05) is 24.4 Å². The van der Waals surface area contributed by atoms with Gasteiger partial charge in [-0.2, -0.15) is 5.10 Å². The van der Waals surface area contributed by atoms with Crippen molar-refractivity contribution in [1.82, 2.24) is 9.78 Å². The molecule has 1 aromatic heterocycles. The molecule has 0 saturated carbocycles. The SMILES string of the molecule is CCCCn1nc(C(=O)Nc2cccc(OC)c2)ccc1=O. The lowest BCUT2D eigenvalue weighted by Gasteiger charge is -2.08. The van der Waals surface area contributed by atoms with E-state index in [0.29, 0.717) is 18.0 Å². The summed E-state index contributed by atoms with van der Waals surface area (Å²) in [6.07, 6.45) is 1.79. The van der Waals surface area contributed by atoms with Crippen molar-refractivity contribution in [3.8, 4) is 5.75 Å². The number of unbranched alkanes of at least 4 members (excludes halogenated alkanes) is 1. The summed E-state index contributed by atoms with van der Waals surface area (Å²) in [6, 6.07) is 9.84. The first-order valence-corrected chi connectivity index (χ1v) is 7.17. The van der Waals surface area contributed by atoms with E-state index in [1.54, 1.807) is 31.4 Å². The standard InChI is InChI=1S/C16H19N3O3/c1-3-4-10-19-15(20)9-8-14(18-19)16(21)17-12-6-5-7-13(11-12)22-2/h5-9,11H,3-4,10H2,1-2H3,(H,17,21). The molecule has 0 radical (unpaired) electrons. The quantitative estimate of drug-likeness (QED) is 0.888. The molecule has 0 aliphatic carbocycles. The minimum atomic E-state index is -0.362. The number of rotatable bonds is 6. The fraction of sp³-hybridized carbons (Fsp3) is 0.312. The fourth-order valence-corrected chi connectivity index (χ4v) is 1.93. The highest BCUT2D eigenvalue weighted by Crippen LogP contribution is 2.17. The Balaban J connectivity index is 2.16. The van der Waals surface area contributed by atoms with Crippen LogP contribution < -0.4 is 15.6 Å². The number of aromatic nitrogens is 2. The molecule has 2 aromatic rings. The minimum Gasteiger partial charge on any atom is -0.497 e. The average molecular weight is 301 g/mol. The monoisotopic (exact) mass is 301 g/mol. The maximum absolute atomic E-state index is 12.2. The van der Waals surface area contributed by atoms with Crippen LogP contribution in [-0.2, 0) is 6.54 Å². The van der Waals surface area contributed by atoms with E-state index in [2.05, 4.69) is 10.4 Å². The number of anilines is 1. The molecule has 0 fully saturated rings. The molecule has 0 bridgehead atoms. The molecule has 1 aromatic carbocycles. The Labute approximate surface area is 128 Å². The first kappa shape index (κ1) is 15.8. The van der Waals surface area contributed by atoms with E-state index in [4.69, 9.17) is 4.74 Å². The van der Waals surface area contributed by atoms with Crippen LogP contribution in [0, 0.1) is 0 Å². The fourth-order valence-electron chi connectivity index (χ4n) is 1.93. The Bertz CT molecular complexity index is 710. The third-order valence-electron chi connectivity index (χ3n) is 3.15. The molecule has 0 aliphatic heterocycles. The first-order chi connectivity index (χ1) is 10.6. The van der Waals surface area contributed by atoms with Gasteiger partial charge in [0.2, 0.25) is 0 Å². The van der Waals surface area contributed by atoms with Crippen LogP contribution in [0.15, 0.2) is 41.2 Å². The molecular formula is C16H19N3O3. The molecule has 1 N–H and O–H groups in total. The number of methoxy groups -OCH3 is 1. The van der Waals surface area contributed by atoms with Crippen molar-refractivity contribution in [2.45, 2.75) is 26.3 Å². The minimum absolute atomic E-state index is 0.202. The number of aryl methyl sites for hydroxylation is 1. The van der Waals surface area contributed by atoms with Crippen LogP contribution in [-0.4, -0.2) is 22.8 Å². The summed E-state index contributed by atoms with van der Waals surface area (Å²) >= 11 is 0. The number of ether oxygens (including phenoxy) is 1. The second-order valence-electron chi connectivity index (χ2n) is 4.82. The Morgan fingerprint density at radius 2 is 2.14 bits per heavy atom. The zero-order chi connectivity index (χ0) is 15.9. The van der Waals surface area contributed by atoms with E-state index in [1.807, 2.05) is 6.92 Å². The van der Waals surface area contributed by atoms with E-state index >= 15 is 0 Å². The van der Waals surface area contributed by atoms with Crippen molar-refractivity contribution >= 4 is 11.6 Å². The van der Waals surface area contributed by atoms with E-state index < -0.39 is 0 Å². The second-order valence-corrected chi connectivity index (χ2v) is 4.82. The number of hydrogen-bond donors (Lipinski definition) is 1. The van der Waals surface area contributed by atoms with Crippen molar-refractivity contribution in [3.63, 3.8) is 0 Å². The van der Waals surface area contributed by atoms with Crippen molar-refractivity contribution in [1.29, 1.82) is 0 Å².